The minimum atomic E-state index is -0.448. The van der Waals surface area contributed by atoms with E-state index in [0.29, 0.717) is 5.92 Å². The highest BCUT2D eigenvalue weighted by Crippen LogP contribution is 2.42. The SMILES string of the molecule is CN(C(=O)OC(C)(C)C)[C@H]1CC[C@H](c2cccc3c2OCCN3)CC1. The Balaban J connectivity index is 1.62. The molecule has 0 bridgehead atoms. The third-order valence-electron chi connectivity index (χ3n) is 5.08. The van der Waals surface area contributed by atoms with Crippen molar-refractivity contribution in [3.8, 4) is 5.75 Å². The van der Waals surface area contributed by atoms with E-state index in [9.17, 15) is 4.79 Å². The van der Waals surface area contributed by atoms with Crippen LogP contribution in [-0.4, -0.2) is 42.8 Å². The Kier molecular flexibility index (Phi) is 5.11. The van der Waals surface area contributed by atoms with Crippen LogP contribution in [0.5, 0.6) is 5.75 Å². The molecule has 0 saturated heterocycles. The number of amides is 1. The van der Waals surface area contributed by atoms with Gasteiger partial charge in [-0.05, 0) is 64.0 Å². The predicted molar refractivity (Wildman–Crippen MR) is 99.4 cm³/mol. The van der Waals surface area contributed by atoms with Crippen LogP contribution in [0.3, 0.4) is 0 Å². The Morgan fingerprint density at radius 1 is 1.24 bits per heavy atom. The second-order valence-electron chi connectivity index (χ2n) is 8.10. The molecule has 1 N–H and O–H groups in total. The maximum Gasteiger partial charge on any atom is 0.410 e. The number of para-hydroxylation sites is 1. The molecule has 0 unspecified atom stereocenters. The Morgan fingerprint density at radius 3 is 2.64 bits per heavy atom. The third kappa shape index (κ3) is 4.20. The largest absolute Gasteiger partial charge is 0.489 e. The van der Waals surface area contributed by atoms with Gasteiger partial charge in [0.25, 0.3) is 0 Å². The molecular weight excluding hydrogens is 316 g/mol. The van der Waals surface area contributed by atoms with Crippen LogP contribution in [-0.2, 0) is 4.74 Å². The van der Waals surface area contributed by atoms with Crippen molar-refractivity contribution >= 4 is 11.8 Å². The standard InChI is InChI=1S/C20H30N2O3/c1-20(2,3)25-19(23)22(4)15-10-8-14(9-11-15)16-6-5-7-17-18(16)24-13-12-21-17/h5-7,14-15,21H,8-13H2,1-4H3/t14-,15-. The zero-order valence-electron chi connectivity index (χ0n) is 15.8. The molecule has 1 aliphatic heterocycles. The van der Waals surface area contributed by atoms with Crippen LogP contribution < -0.4 is 10.1 Å². The smallest absolute Gasteiger partial charge is 0.410 e. The van der Waals surface area contributed by atoms with E-state index < -0.39 is 5.60 Å². The van der Waals surface area contributed by atoms with Gasteiger partial charge in [-0.2, -0.15) is 0 Å². The van der Waals surface area contributed by atoms with Crippen LogP contribution in [0.2, 0.25) is 0 Å². The number of nitrogens with one attached hydrogen (secondary N) is 1. The van der Waals surface area contributed by atoms with Crippen molar-refractivity contribution in [2.45, 2.75) is 64.0 Å². The molecule has 5 heteroatoms. The summed E-state index contributed by atoms with van der Waals surface area (Å²) in [7, 11) is 1.86. The lowest BCUT2D eigenvalue weighted by molar-refractivity contribution is 0.0182. The molecule has 0 radical (unpaired) electrons. The first-order chi connectivity index (χ1) is 11.8. The summed E-state index contributed by atoms with van der Waals surface area (Å²) in [5.74, 6) is 1.52. The zero-order chi connectivity index (χ0) is 18.0. The van der Waals surface area contributed by atoms with Gasteiger partial charge in [0.05, 0.1) is 5.69 Å². The predicted octanol–water partition coefficient (Wildman–Crippen LogP) is 4.38. The van der Waals surface area contributed by atoms with Gasteiger partial charge in [0.2, 0.25) is 0 Å². The maximum atomic E-state index is 12.3. The Labute approximate surface area is 150 Å². The van der Waals surface area contributed by atoms with Crippen LogP contribution in [0.25, 0.3) is 0 Å². The Bertz CT molecular complexity index is 616. The molecule has 25 heavy (non-hydrogen) atoms. The van der Waals surface area contributed by atoms with Crippen molar-refractivity contribution in [3.63, 3.8) is 0 Å². The van der Waals surface area contributed by atoms with E-state index in [1.807, 2.05) is 27.8 Å². The highest BCUT2D eigenvalue weighted by molar-refractivity contribution is 5.68. The minimum absolute atomic E-state index is 0.222. The molecular formula is C20H30N2O3. The zero-order valence-corrected chi connectivity index (χ0v) is 15.8. The summed E-state index contributed by atoms with van der Waals surface area (Å²) in [6, 6.07) is 6.63. The molecule has 5 nitrogen and oxygen atoms in total. The summed E-state index contributed by atoms with van der Waals surface area (Å²) in [6.45, 7) is 7.30. The summed E-state index contributed by atoms with van der Waals surface area (Å²) in [5, 5.41) is 3.41. The molecule has 1 saturated carbocycles. The highest BCUT2D eigenvalue weighted by Gasteiger charge is 2.31. The minimum Gasteiger partial charge on any atom is -0.489 e. The number of carbonyl (C=O) groups is 1. The number of hydrogen-bond donors (Lipinski definition) is 1. The van der Waals surface area contributed by atoms with E-state index >= 15 is 0 Å². The van der Waals surface area contributed by atoms with Crippen LogP contribution in [0.1, 0.15) is 57.9 Å². The van der Waals surface area contributed by atoms with Crippen LogP contribution in [0, 0.1) is 0 Å². The van der Waals surface area contributed by atoms with Gasteiger partial charge in [0.15, 0.2) is 0 Å². The van der Waals surface area contributed by atoms with Gasteiger partial charge < -0.3 is 19.7 Å². The van der Waals surface area contributed by atoms with Crippen molar-refractivity contribution in [1.82, 2.24) is 4.90 Å². The Hall–Kier alpha value is -1.91. The van der Waals surface area contributed by atoms with Gasteiger partial charge >= 0.3 is 6.09 Å². The lowest BCUT2D eigenvalue weighted by Crippen LogP contribution is -2.42. The molecule has 1 amide bonds. The molecule has 0 atom stereocenters. The molecule has 1 fully saturated rings. The summed E-state index contributed by atoms with van der Waals surface area (Å²) in [4.78, 5) is 14.1. The molecule has 1 aromatic carbocycles. The van der Waals surface area contributed by atoms with E-state index in [4.69, 9.17) is 9.47 Å². The molecule has 0 aromatic heterocycles. The fraction of sp³-hybridized carbons (Fsp3) is 0.650. The summed E-state index contributed by atoms with van der Waals surface area (Å²) in [5.41, 5.74) is 1.97. The van der Waals surface area contributed by atoms with Crippen LogP contribution in [0.15, 0.2) is 18.2 Å². The summed E-state index contributed by atoms with van der Waals surface area (Å²) < 4.78 is 11.4. The van der Waals surface area contributed by atoms with E-state index in [1.165, 1.54) is 5.56 Å². The van der Waals surface area contributed by atoms with Crippen molar-refractivity contribution in [3.05, 3.63) is 23.8 Å². The number of nitrogens with zero attached hydrogens (tertiary/aromatic N) is 1. The van der Waals surface area contributed by atoms with Gasteiger partial charge in [0.1, 0.15) is 18.0 Å². The highest BCUT2D eigenvalue weighted by atomic mass is 16.6. The van der Waals surface area contributed by atoms with Crippen molar-refractivity contribution in [2.75, 3.05) is 25.5 Å². The second kappa shape index (κ2) is 7.14. The number of carbonyl (C=O) groups excluding carboxylic acids is 1. The molecule has 138 valence electrons. The maximum absolute atomic E-state index is 12.3. The van der Waals surface area contributed by atoms with Gasteiger partial charge in [-0.15, -0.1) is 0 Å². The monoisotopic (exact) mass is 346 g/mol. The fourth-order valence-electron chi connectivity index (χ4n) is 3.77. The molecule has 1 heterocycles. The van der Waals surface area contributed by atoms with Gasteiger partial charge in [0, 0.05) is 19.6 Å². The summed E-state index contributed by atoms with van der Waals surface area (Å²) in [6.07, 6.45) is 3.91. The number of rotatable bonds is 2. The molecule has 0 spiro atoms. The fourth-order valence-corrected chi connectivity index (χ4v) is 3.77. The first-order valence-corrected chi connectivity index (χ1v) is 9.30. The number of fused-ring (bicyclic) bond motifs is 1. The quantitative estimate of drug-likeness (QED) is 0.863. The van der Waals surface area contributed by atoms with Crippen LogP contribution in [0.4, 0.5) is 10.5 Å². The molecule has 1 aromatic rings. The van der Waals surface area contributed by atoms with Crippen molar-refractivity contribution in [2.24, 2.45) is 0 Å². The normalized spacial score (nSPS) is 23.0. The number of hydrogen-bond acceptors (Lipinski definition) is 4. The average molecular weight is 346 g/mol. The number of ether oxygens (including phenoxy) is 2. The van der Waals surface area contributed by atoms with E-state index in [2.05, 4.69) is 23.5 Å². The third-order valence-corrected chi connectivity index (χ3v) is 5.08. The van der Waals surface area contributed by atoms with Gasteiger partial charge in [-0.25, -0.2) is 4.79 Å². The Morgan fingerprint density at radius 2 is 1.96 bits per heavy atom. The number of anilines is 1. The molecule has 2 aliphatic rings. The van der Waals surface area contributed by atoms with E-state index in [1.54, 1.807) is 4.90 Å². The molecule has 3 rings (SSSR count). The van der Waals surface area contributed by atoms with E-state index in [0.717, 1.165) is 50.3 Å². The lowest BCUT2D eigenvalue weighted by atomic mass is 9.80. The number of benzene rings is 1. The first-order valence-electron chi connectivity index (χ1n) is 9.30. The topological polar surface area (TPSA) is 50.8 Å². The van der Waals surface area contributed by atoms with E-state index in [-0.39, 0.29) is 12.1 Å². The van der Waals surface area contributed by atoms with Crippen molar-refractivity contribution < 1.29 is 14.3 Å². The van der Waals surface area contributed by atoms with Crippen LogP contribution >= 0.6 is 0 Å². The van der Waals surface area contributed by atoms with Crippen molar-refractivity contribution in [1.29, 1.82) is 0 Å². The molecule has 1 aliphatic carbocycles. The first kappa shape index (κ1) is 17.9. The second-order valence-corrected chi connectivity index (χ2v) is 8.10. The lowest BCUT2D eigenvalue weighted by Gasteiger charge is -2.36. The summed E-state index contributed by atoms with van der Waals surface area (Å²) >= 11 is 0. The van der Waals surface area contributed by atoms with Gasteiger partial charge in [-0.3, -0.25) is 0 Å². The van der Waals surface area contributed by atoms with Gasteiger partial charge in [-0.1, -0.05) is 12.1 Å². The average Bonchev–Trinajstić information content (AvgIpc) is 2.59.